The van der Waals surface area contributed by atoms with Gasteiger partial charge in [0.1, 0.15) is 12.0 Å². The molecule has 2 aliphatic rings. The minimum Gasteiger partial charge on any atom is -0.338 e. The quantitative estimate of drug-likeness (QED) is 0.507. The highest BCUT2D eigenvalue weighted by atomic mass is 16.6. The SMILES string of the molecule is O=C1c2ccccc2C2C(c3ccccc3)CC1N2c1ccc([N+](=O)[O-])cn1. The van der Waals surface area contributed by atoms with Crippen molar-refractivity contribution >= 4 is 17.3 Å². The average molecular weight is 371 g/mol. The molecule has 138 valence electrons. The van der Waals surface area contributed by atoms with E-state index in [0.717, 1.165) is 11.1 Å². The van der Waals surface area contributed by atoms with E-state index in [1.807, 2.05) is 47.4 Å². The Bertz CT molecular complexity index is 1070. The first kappa shape index (κ1) is 16.6. The van der Waals surface area contributed by atoms with Gasteiger partial charge in [-0.1, -0.05) is 54.6 Å². The van der Waals surface area contributed by atoms with Crippen LogP contribution in [0.2, 0.25) is 0 Å². The van der Waals surface area contributed by atoms with E-state index in [0.29, 0.717) is 12.2 Å². The van der Waals surface area contributed by atoms with Crippen LogP contribution >= 0.6 is 0 Å². The zero-order valence-electron chi connectivity index (χ0n) is 14.9. The number of anilines is 1. The van der Waals surface area contributed by atoms with Crippen molar-refractivity contribution in [1.82, 2.24) is 4.98 Å². The van der Waals surface area contributed by atoms with E-state index in [9.17, 15) is 14.9 Å². The summed E-state index contributed by atoms with van der Waals surface area (Å²) in [6.45, 7) is 0. The molecule has 3 aromatic rings. The van der Waals surface area contributed by atoms with Gasteiger partial charge in [-0.15, -0.1) is 0 Å². The molecule has 1 aromatic heterocycles. The number of ketones is 1. The summed E-state index contributed by atoms with van der Waals surface area (Å²) in [5, 5.41) is 11.0. The smallest absolute Gasteiger partial charge is 0.287 e. The van der Waals surface area contributed by atoms with Crippen molar-refractivity contribution in [3.8, 4) is 0 Å². The number of fused-ring (bicyclic) bond motifs is 4. The number of nitro groups is 1. The zero-order valence-corrected chi connectivity index (χ0v) is 14.9. The molecule has 6 nitrogen and oxygen atoms in total. The van der Waals surface area contributed by atoms with Crippen LogP contribution in [0.5, 0.6) is 0 Å². The molecule has 0 radical (unpaired) electrons. The van der Waals surface area contributed by atoms with Crippen molar-refractivity contribution in [3.63, 3.8) is 0 Å². The van der Waals surface area contributed by atoms with Crippen molar-refractivity contribution in [3.05, 3.63) is 99.7 Å². The summed E-state index contributed by atoms with van der Waals surface area (Å²) >= 11 is 0. The Kier molecular flexibility index (Phi) is 3.72. The molecular weight excluding hydrogens is 354 g/mol. The molecule has 6 heteroatoms. The fourth-order valence-electron chi connectivity index (χ4n) is 4.59. The number of aromatic nitrogens is 1. The summed E-state index contributed by atoms with van der Waals surface area (Å²) in [5.74, 6) is 0.836. The third-order valence-electron chi connectivity index (χ3n) is 5.78. The van der Waals surface area contributed by atoms with Crippen molar-refractivity contribution in [2.45, 2.75) is 24.4 Å². The topological polar surface area (TPSA) is 76.3 Å². The van der Waals surface area contributed by atoms with Gasteiger partial charge in [0.05, 0.1) is 17.0 Å². The van der Waals surface area contributed by atoms with Crippen molar-refractivity contribution in [2.75, 3.05) is 4.90 Å². The maximum atomic E-state index is 13.2. The van der Waals surface area contributed by atoms with Gasteiger partial charge in [-0.2, -0.15) is 0 Å². The van der Waals surface area contributed by atoms with Gasteiger partial charge in [-0.05, 0) is 23.6 Å². The van der Waals surface area contributed by atoms with Crippen LogP contribution in [0.25, 0.3) is 0 Å². The highest BCUT2D eigenvalue weighted by molar-refractivity contribution is 6.06. The van der Waals surface area contributed by atoms with E-state index < -0.39 is 4.92 Å². The van der Waals surface area contributed by atoms with E-state index in [1.54, 1.807) is 6.07 Å². The summed E-state index contributed by atoms with van der Waals surface area (Å²) < 4.78 is 0. The molecule has 3 atom stereocenters. The van der Waals surface area contributed by atoms with Crippen LogP contribution < -0.4 is 4.90 Å². The number of hydrogen-bond acceptors (Lipinski definition) is 5. The van der Waals surface area contributed by atoms with Gasteiger partial charge < -0.3 is 4.90 Å². The number of nitrogens with zero attached hydrogens (tertiary/aromatic N) is 3. The van der Waals surface area contributed by atoms with Gasteiger partial charge >= 0.3 is 0 Å². The summed E-state index contributed by atoms with van der Waals surface area (Å²) in [6, 6.07) is 20.7. The standard InChI is InChI=1S/C22H17N3O3/c26-22-17-9-5-4-8-16(17)21-18(14-6-2-1-3-7-14)12-19(22)24(21)20-11-10-15(13-23-20)25(27)28/h1-11,13,18-19,21H,12H2. The van der Waals surface area contributed by atoms with Crippen LogP contribution in [-0.4, -0.2) is 21.7 Å². The highest BCUT2D eigenvalue weighted by Gasteiger charge is 2.51. The second-order valence-electron chi connectivity index (χ2n) is 7.20. The summed E-state index contributed by atoms with van der Waals surface area (Å²) in [4.78, 5) is 30.1. The van der Waals surface area contributed by atoms with Gasteiger partial charge in [-0.3, -0.25) is 14.9 Å². The first-order chi connectivity index (χ1) is 13.6. The molecule has 1 saturated heterocycles. The lowest BCUT2D eigenvalue weighted by Gasteiger charge is -2.37. The van der Waals surface area contributed by atoms with Gasteiger partial charge in [0, 0.05) is 17.5 Å². The largest absolute Gasteiger partial charge is 0.338 e. The second kappa shape index (κ2) is 6.27. The van der Waals surface area contributed by atoms with Gasteiger partial charge in [0.2, 0.25) is 0 Å². The number of rotatable bonds is 3. The van der Waals surface area contributed by atoms with Gasteiger partial charge in [0.15, 0.2) is 5.78 Å². The zero-order chi connectivity index (χ0) is 19.3. The minimum absolute atomic E-state index is 0.0322. The van der Waals surface area contributed by atoms with Crippen molar-refractivity contribution in [2.24, 2.45) is 0 Å². The number of benzene rings is 2. The molecule has 0 spiro atoms. The highest BCUT2D eigenvalue weighted by Crippen LogP contribution is 2.53. The van der Waals surface area contributed by atoms with Crippen LogP contribution in [0, 0.1) is 10.1 Å². The van der Waals surface area contributed by atoms with Crippen LogP contribution in [0.15, 0.2) is 72.9 Å². The Morgan fingerprint density at radius 1 is 1.00 bits per heavy atom. The lowest BCUT2D eigenvalue weighted by molar-refractivity contribution is -0.385. The maximum absolute atomic E-state index is 13.2. The number of carbonyl (C=O) groups is 1. The normalized spacial score (nSPS) is 22.8. The third kappa shape index (κ3) is 2.41. The predicted octanol–water partition coefficient (Wildman–Crippen LogP) is 4.29. The lowest BCUT2D eigenvalue weighted by Crippen LogP contribution is -2.43. The van der Waals surface area contributed by atoms with Gasteiger partial charge in [-0.25, -0.2) is 4.98 Å². The van der Waals surface area contributed by atoms with E-state index in [4.69, 9.17) is 0 Å². The Morgan fingerprint density at radius 2 is 1.75 bits per heavy atom. The Labute approximate surface area is 161 Å². The lowest BCUT2D eigenvalue weighted by atomic mass is 9.86. The number of pyridine rings is 1. The predicted molar refractivity (Wildman–Crippen MR) is 104 cm³/mol. The summed E-state index contributed by atoms with van der Waals surface area (Å²) in [6.07, 6.45) is 1.96. The van der Waals surface area contributed by atoms with Crippen LogP contribution in [0.1, 0.15) is 39.9 Å². The molecule has 2 bridgehead atoms. The fourth-order valence-corrected chi connectivity index (χ4v) is 4.59. The fraction of sp³-hybridized carbons (Fsp3) is 0.182. The summed E-state index contributed by atoms with van der Waals surface area (Å²) in [7, 11) is 0. The van der Waals surface area contributed by atoms with E-state index >= 15 is 0 Å². The Hall–Kier alpha value is -3.54. The molecule has 1 fully saturated rings. The van der Waals surface area contributed by atoms with Crippen molar-refractivity contribution in [1.29, 1.82) is 0 Å². The van der Waals surface area contributed by atoms with Crippen LogP contribution in [-0.2, 0) is 0 Å². The molecule has 0 amide bonds. The average Bonchev–Trinajstić information content (AvgIpc) is 3.08. The minimum atomic E-state index is -0.463. The van der Waals surface area contributed by atoms with Gasteiger partial charge in [0.25, 0.3) is 5.69 Å². The molecule has 2 aromatic carbocycles. The first-order valence-corrected chi connectivity index (χ1v) is 9.22. The maximum Gasteiger partial charge on any atom is 0.287 e. The molecule has 2 aliphatic heterocycles. The number of hydrogen-bond donors (Lipinski definition) is 0. The molecule has 3 unspecified atom stereocenters. The molecule has 5 rings (SSSR count). The first-order valence-electron chi connectivity index (χ1n) is 9.22. The molecule has 3 heterocycles. The Balaban J connectivity index is 1.65. The molecule has 0 aliphatic carbocycles. The summed E-state index contributed by atoms with van der Waals surface area (Å²) in [5.41, 5.74) is 2.90. The van der Waals surface area contributed by atoms with E-state index in [-0.39, 0.29) is 29.5 Å². The van der Waals surface area contributed by atoms with Crippen LogP contribution in [0.3, 0.4) is 0 Å². The molecular formula is C22H17N3O3. The number of carbonyl (C=O) groups excluding carboxylic acids is 1. The molecule has 0 N–H and O–H groups in total. The van der Waals surface area contributed by atoms with E-state index in [1.165, 1.54) is 17.8 Å². The van der Waals surface area contributed by atoms with Crippen LogP contribution in [0.4, 0.5) is 11.5 Å². The van der Waals surface area contributed by atoms with E-state index in [2.05, 4.69) is 17.1 Å². The van der Waals surface area contributed by atoms with Crippen molar-refractivity contribution < 1.29 is 9.72 Å². The number of Topliss-reactive ketones (excluding diaryl/α,β-unsaturated/α-hetero) is 1. The Morgan fingerprint density at radius 3 is 2.46 bits per heavy atom. The second-order valence-corrected chi connectivity index (χ2v) is 7.20. The molecule has 28 heavy (non-hydrogen) atoms. The molecule has 0 saturated carbocycles. The third-order valence-corrected chi connectivity index (χ3v) is 5.78. The monoisotopic (exact) mass is 371 g/mol.